The van der Waals surface area contributed by atoms with Gasteiger partial charge in [0.1, 0.15) is 25.4 Å². The molecule has 0 atom stereocenters. The second-order valence-corrected chi connectivity index (χ2v) is 3.87. The molecule has 0 spiro atoms. The van der Waals surface area contributed by atoms with Crippen molar-refractivity contribution in [1.82, 2.24) is 5.32 Å². The molecule has 0 saturated carbocycles. The van der Waals surface area contributed by atoms with Gasteiger partial charge in [0.25, 0.3) is 0 Å². The zero-order valence-electron chi connectivity index (χ0n) is 11.1. The number of rotatable bonds is 7. The lowest BCUT2D eigenvalue weighted by Crippen LogP contribution is -2.55. The first-order valence-corrected chi connectivity index (χ1v) is 5.40. The summed E-state index contributed by atoms with van der Waals surface area (Å²) in [5.74, 6) is -1.42. The Kier molecular flexibility index (Phi) is 6.96. The largest absolute Gasteiger partial charge is 0.464 e. The number of ether oxygens (including phenoxy) is 3. The van der Waals surface area contributed by atoms with Gasteiger partial charge >= 0.3 is 17.9 Å². The van der Waals surface area contributed by atoms with Crippen molar-refractivity contribution >= 4 is 17.9 Å². The molecule has 0 rings (SSSR count). The smallest absolute Gasteiger partial charge is 0.302 e. The third kappa shape index (κ3) is 6.85. The van der Waals surface area contributed by atoms with E-state index in [9.17, 15) is 14.4 Å². The van der Waals surface area contributed by atoms with Crippen LogP contribution in [0.3, 0.4) is 0 Å². The van der Waals surface area contributed by atoms with Gasteiger partial charge < -0.3 is 19.5 Å². The van der Waals surface area contributed by atoms with Gasteiger partial charge in [-0.3, -0.25) is 14.4 Å². The summed E-state index contributed by atoms with van der Waals surface area (Å²) in [6.45, 7) is 3.58. The summed E-state index contributed by atoms with van der Waals surface area (Å²) in [5.41, 5.74) is -0.941. The molecule has 0 aromatic carbocycles. The molecule has 0 amide bonds. The first kappa shape index (κ1) is 16.4. The maximum absolute atomic E-state index is 10.8. The molecule has 0 aliphatic carbocycles. The predicted molar refractivity (Wildman–Crippen MR) is 61.7 cm³/mol. The van der Waals surface area contributed by atoms with E-state index in [-0.39, 0.29) is 19.8 Å². The molecule has 0 unspecified atom stereocenters. The summed E-state index contributed by atoms with van der Waals surface area (Å²) in [5, 5.41) is 2.85. The summed E-state index contributed by atoms with van der Waals surface area (Å²) in [6, 6.07) is 0. The van der Waals surface area contributed by atoms with Crippen LogP contribution in [-0.4, -0.2) is 50.3 Å². The lowest BCUT2D eigenvalue weighted by molar-refractivity contribution is -0.153. The van der Waals surface area contributed by atoms with Crippen LogP contribution in [0.15, 0.2) is 0 Å². The van der Waals surface area contributed by atoms with Gasteiger partial charge in [0.15, 0.2) is 0 Å². The Bertz CT molecular complexity index is 269. The van der Waals surface area contributed by atoms with Gasteiger partial charge in [0, 0.05) is 20.8 Å². The van der Waals surface area contributed by atoms with Crippen LogP contribution in [-0.2, 0) is 28.6 Å². The highest BCUT2D eigenvalue weighted by atomic mass is 16.6. The molecule has 7 heteroatoms. The highest BCUT2D eigenvalue weighted by molar-refractivity contribution is 5.67. The molecular formula is C11H19NO6. The van der Waals surface area contributed by atoms with E-state index < -0.39 is 23.4 Å². The molecule has 0 aromatic rings. The minimum absolute atomic E-state index is 0.0700. The Labute approximate surface area is 106 Å². The van der Waals surface area contributed by atoms with E-state index in [1.54, 1.807) is 7.05 Å². The quantitative estimate of drug-likeness (QED) is 0.494. The summed E-state index contributed by atoms with van der Waals surface area (Å²) < 4.78 is 14.6. The van der Waals surface area contributed by atoms with E-state index >= 15 is 0 Å². The van der Waals surface area contributed by atoms with E-state index in [0.29, 0.717) is 0 Å². The molecule has 0 saturated heterocycles. The lowest BCUT2D eigenvalue weighted by atomic mass is 10.0. The number of nitrogens with one attached hydrogen (secondary N) is 1. The van der Waals surface area contributed by atoms with Gasteiger partial charge in [0.2, 0.25) is 0 Å². The number of carbonyl (C=O) groups is 3. The van der Waals surface area contributed by atoms with Crippen molar-refractivity contribution in [3.05, 3.63) is 0 Å². The fraction of sp³-hybridized carbons (Fsp3) is 0.727. The SMILES string of the molecule is CNC(COC(C)=O)(COC(C)=O)COC(C)=O. The minimum atomic E-state index is -0.941. The van der Waals surface area contributed by atoms with Crippen LogP contribution in [0.2, 0.25) is 0 Å². The zero-order chi connectivity index (χ0) is 14.2. The molecule has 0 aliphatic heterocycles. The number of esters is 3. The van der Waals surface area contributed by atoms with Crippen molar-refractivity contribution in [1.29, 1.82) is 0 Å². The van der Waals surface area contributed by atoms with E-state index in [1.165, 1.54) is 20.8 Å². The molecule has 104 valence electrons. The standard InChI is InChI=1S/C11H19NO6/c1-8(13)16-5-11(12-4,6-17-9(2)14)7-18-10(3)15/h12H,5-7H2,1-4H3. The Morgan fingerprint density at radius 3 is 1.28 bits per heavy atom. The van der Waals surface area contributed by atoms with Gasteiger partial charge in [-0.15, -0.1) is 0 Å². The number of likely N-dealkylation sites (N-methyl/N-ethyl adjacent to an activating group) is 1. The van der Waals surface area contributed by atoms with Gasteiger partial charge in [-0.05, 0) is 7.05 Å². The van der Waals surface area contributed by atoms with Crippen molar-refractivity contribution in [3.63, 3.8) is 0 Å². The average molecular weight is 261 g/mol. The number of carbonyl (C=O) groups excluding carboxylic acids is 3. The van der Waals surface area contributed by atoms with Gasteiger partial charge in [-0.2, -0.15) is 0 Å². The number of hydrogen-bond acceptors (Lipinski definition) is 7. The van der Waals surface area contributed by atoms with E-state index in [1.807, 2.05) is 0 Å². The maximum Gasteiger partial charge on any atom is 0.302 e. The average Bonchev–Trinajstić information content (AvgIpc) is 2.28. The van der Waals surface area contributed by atoms with E-state index in [4.69, 9.17) is 14.2 Å². The molecule has 0 heterocycles. The van der Waals surface area contributed by atoms with Gasteiger partial charge in [-0.1, -0.05) is 0 Å². The maximum atomic E-state index is 10.8. The minimum Gasteiger partial charge on any atom is -0.464 e. The molecule has 1 N–H and O–H groups in total. The second-order valence-electron chi connectivity index (χ2n) is 3.87. The van der Waals surface area contributed by atoms with E-state index in [2.05, 4.69) is 5.32 Å². The molecular weight excluding hydrogens is 242 g/mol. The molecule has 0 aromatic heterocycles. The first-order valence-electron chi connectivity index (χ1n) is 5.40. The fourth-order valence-corrected chi connectivity index (χ4v) is 1.06. The molecule has 0 fully saturated rings. The van der Waals surface area contributed by atoms with Crippen molar-refractivity contribution in [3.8, 4) is 0 Å². The number of hydrogen-bond donors (Lipinski definition) is 1. The van der Waals surface area contributed by atoms with Gasteiger partial charge in [0.05, 0.1) is 0 Å². The highest BCUT2D eigenvalue weighted by Gasteiger charge is 2.33. The monoisotopic (exact) mass is 261 g/mol. The Balaban J connectivity index is 4.63. The third-order valence-electron chi connectivity index (χ3n) is 2.19. The Morgan fingerprint density at radius 1 is 0.833 bits per heavy atom. The predicted octanol–water partition coefficient (Wildman–Crippen LogP) is -0.366. The summed E-state index contributed by atoms with van der Waals surface area (Å²) in [7, 11) is 1.59. The van der Waals surface area contributed by atoms with Crippen LogP contribution in [0.25, 0.3) is 0 Å². The Hall–Kier alpha value is -1.63. The molecule has 0 bridgehead atoms. The van der Waals surface area contributed by atoms with Crippen LogP contribution in [0.5, 0.6) is 0 Å². The van der Waals surface area contributed by atoms with Crippen molar-refractivity contribution < 1.29 is 28.6 Å². The van der Waals surface area contributed by atoms with Crippen molar-refractivity contribution in [2.75, 3.05) is 26.9 Å². The molecule has 18 heavy (non-hydrogen) atoms. The van der Waals surface area contributed by atoms with Crippen LogP contribution in [0.4, 0.5) is 0 Å². The molecule has 0 radical (unpaired) electrons. The van der Waals surface area contributed by atoms with Crippen LogP contribution in [0.1, 0.15) is 20.8 Å². The summed E-state index contributed by atoms with van der Waals surface area (Å²) in [4.78, 5) is 32.5. The van der Waals surface area contributed by atoms with Crippen LogP contribution < -0.4 is 5.32 Å². The summed E-state index contributed by atoms with van der Waals surface area (Å²) >= 11 is 0. The van der Waals surface area contributed by atoms with Crippen molar-refractivity contribution in [2.24, 2.45) is 0 Å². The second kappa shape index (κ2) is 7.65. The topological polar surface area (TPSA) is 90.9 Å². The fourth-order valence-electron chi connectivity index (χ4n) is 1.06. The highest BCUT2D eigenvalue weighted by Crippen LogP contribution is 2.08. The molecule has 7 nitrogen and oxygen atoms in total. The van der Waals surface area contributed by atoms with Crippen LogP contribution >= 0.6 is 0 Å². The zero-order valence-corrected chi connectivity index (χ0v) is 11.1. The first-order chi connectivity index (χ1) is 8.31. The van der Waals surface area contributed by atoms with Crippen LogP contribution in [0, 0.1) is 0 Å². The Morgan fingerprint density at radius 2 is 1.11 bits per heavy atom. The normalized spacial score (nSPS) is 10.7. The van der Waals surface area contributed by atoms with E-state index in [0.717, 1.165) is 0 Å². The van der Waals surface area contributed by atoms with Gasteiger partial charge in [-0.25, -0.2) is 0 Å². The third-order valence-corrected chi connectivity index (χ3v) is 2.19. The summed E-state index contributed by atoms with van der Waals surface area (Å²) in [6.07, 6.45) is 0. The van der Waals surface area contributed by atoms with Crippen molar-refractivity contribution in [2.45, 2.75) is 26.3 Å². The lowest BCUT2D eigenvalue weighted by Gasteiger charge is -2.31. The molecule has 0 aliphatic rings.